The third-order valence-electron chi connectivity index (χ3n) is 7.30. The van der Waals surface area contributed by atoms with Gasteiger partial charge >= 0.3 is 0 Å². The Kier molecular flexibility index (Phi) is 8.93. The highest BCUT2D eigenvalue weighted by Crippen LogP contribution is 2.43. The Balaban J connectivity index is 1.96. The first kappa shape index (κ1) is 29.0. The first-order valence-electron chi connectivity index (χ1n) is 13.3. The summed E-state index contributed by atoms with van der Waals surface area (Å²) in [6.45, 7) is 13.9. The smallest absolute Gasteiger partial charge is 0.0998 e. The summed E-state index contributed by atoms with van der Waals surface area (Å²) in [6, 6.07) is 28.4. The monoisotopic (exact) mass is 542 g/mol. The second-order valence-corrected chi connectivity index (χ2v) is 9.37. The van der Waals surface area contributed by atoms with Crippen LogP contribution in [0.3, 0.4) is 0 Å². The highest BCUT2D eigenvalue weighted by molar-refractivity contribution is 6.13. The van der Waals surface area contributed by atoms with Crippen molar-refractivity contribution >= 4 is 40.3 Å². The molecule has 0 aliphatic carbocycles. The summed E-state index contributed by atoms with van der Waals surface area (Å²) in [7, 11) is 0. The largest absolute Gasteiger partial charge is 0.404 e. The number of nitrogens with zero attached hydrogens (tertiary/aromatic N) is 2. The number of hydrogen-bond donors (Lipinski definition) is 2. The standard InChI is InChI=1S/C38H30N4/c1-5-25(21-39)35(23-41)27-13-17-29(18-14-27)37-31(7-3)32(8-4)38(34-12-10-9-11-33(34)37)30-19-15-28(16-20-30)36(24-42)26(6-2)22-40/h5-20,23-24,41H,1,3-4,42H2,2H3/b26-6-,35-25-,36-24+,41-23?. The molecule has 0 fully saturated rings. The summed E-state index contributed by atoms with van der Waals surface area (Å²) in [5.41, 5.74) is 15.5. The fraction of sp³-hybridized carbons (Fsp3) is 0.0263. The van der Waals surface area contributed by atoms with E-state index in [2.05, 4.69) is 44.0 Å². The average molecular weight is 543 g/mol. The van der Waals surface area contributed by atoms with Crippen molar-refractivity contribution in [2.45, 2.75) is 6.92 Å². The highest BCUT2D eigenvalue weighted by Gasteiger charge is 2.19. The molecule has 4 heteroatoms. The zero-order valence-electron chi connectivity index (χ0n) is 23.5. The molecular formula is C38H30N4. The molecule has 0 heterocycles. The fourth-order valence-electron chi connectivity index (χ4n) is 5.31. The minimum atomic E-state index is 0.350. The second-order valence-electron chi connectivity index (χ2n) is 9.37. The Morgan fingerprint density at radius 1 is 0.762 bits per heavy atom. The van der Waals surface area contributed by atoms with Crippen molar-refractivity contribution in [1.29, 1.82) is 15.9 Å². The van der Waals surface area contributed by atoms with Gasteiger partial charge in [0.25, 0.3) is 0 Å². The van der Waals surface area contributed by atoms with Gasteiger partial charge in [-0.2, -0.15) is 10.5 Å². The van der Waals surface area contributed by atoms with Crippen LogP contribution in [-0.4, -0.2) is 6.21 Å². The van der Waals surface area contributed by atoms with E-state index in [1.54, 1.807) is 6.08 Å². The van der Waals surface area contributed by atoms with Gasteiger partial charge in [0, 0.05) is 23.6 Å². The van der Waals surface area contributed by atoms with E-state index in [0.717, 1.165) is 55.3 Å². The van der Waals surface area contributed by atoms with Gasteiger partial charge in [0.1, 0.15) is 0 Å². The van der Waals surface area contributed by atoms with E-state index in [0.29, 0.717) is 22.3 Å². The van der Waals surface area contributed by atoms with Gasteiger partial charge in [0.2, 0.25) is 0 Å². The van der Waals surface area contributed by atoms with Crippen LogP contribution in [0.4, 0.5) is 0 Å². The third kappa shape index (κ3) is 5.13. The molecule has 202 valence electrons. The summed E-state index contributed by atoms with van der Waals surface area (Å²) < 4.78 is 0. The number of nitriles is 2. The molecule has 4 aromatic rings. The van der Waals surface area contributed by atoms with E-state index in [9.17, 15) is 10.5 Å². The number of benzene rings is 4. The lowest BCUT2D eigenvalue weighted by atomic mass is 9.83. The number of nitrogens with two attached hydrogens (primary N) is 1. The molecule has 0 saturated carbocycles. The van der Waals surface area contributed by atoms with Crippen LogP contribution in [0.5, 0.6) is 0 Å². The van der Waals surface area contributed by atoms with E-state index < -0.39 is 0 Å². The zero-order valence-corrected chi connectivity index (χ0v) is 23.5. The number of nitrogens with one attached hydrogen (secondary N) is 1. The van der Waals surface area contributed by atoms with Crippen LogP contribution >= 0.6 is 0 Å². The Bertz CT molecular complexity index is 1900. The molecule has 0 aromatic heterocycles. The van der Waals surface area contributed by atoms with E-state index in [4.69, 9.17) is 11.1 Å². The number of hydrogen-bond acceptors (Lipinski definition) is 4. The van der Waals surface area contributed by atoms with E-state index in [1.807, 2.05) is 79.7 Å². The maximum atomic E-state index is 9.52. The normalized spacial score (nSPS) is 12.1. The summed E-state index contributed by atoms with van der Waals surface area (Å²) >= 11 is 0. The van der Waals surface area contributed by atoms with Gasteiger partial charge in [-0.1, -0.05) is 117 Å². The highest BCUT2D eigenvalue weighted by atomic mass is 14.5. The van der Waals surface area contributed by atoms with Crippen LogP contribution in [0, 0.1) is 28.1 Å². The van der Waals surface area contributed by atoms with Gasteiger partial charge in [0.15, 0.2) is 0 Å². The maximum absolute atomic E-state index is 9.52. The van der Waals surface area contributed by atoms with E-state index in [1.165, 1.54) is 18.5 Å². The molecule has 42 heavy (non-hydrogen) atoms. The minimum Gasteiger partial charge on any atom is -0.404 e. The molecule has 0 unspecified atom stereocenters. The molecule has 0 spiro atoms. The molecular weight excluding hydrogens is 512 g/mol. The lowest BCUT2D eigenvalue weighted by Gasteiger charge is -2.20. The van der Waals surface area contributed by atoms with Crippen LogP contribution < -0.4 is 5.73 Å². The van der Waals surface area contributed by atoms with Crippen LogP contribution in [-0.2, 0) is 0 Å². The summed E-state index contributed by atoms with van der Waals surface area (Å²) in [5, 5.41) is 28.9. The topological polar surface area (TPSA) is 97.4 Å². The number of rotatable bonds is 9. The molecule has 0 amide bonds. The molecule has 0 aliphatic rings. The first-order valence-corrected chi connectivity index (χ1v) is 13.3. The minimum absolute atomic E-state index is 0.350. The quantitative estimate of drug-likeness (QED) is 0.125. The van der Waals surface area contributed by atoms with Crippen LogP contribution in [0.25, 0.3) is 56.3 Å². The Labute approximate surface area is 247 Å². The zero-order chi connectivity index (χ0) is 30.2. The van der Waals surface area contributed by atoms with Crippen molar-refractivity contribution in [3.05, 3.63) is 144 Å². The Morgan fingerprint density at radius 2 is 1.26 bits per heavy atom. The van der Waals surface area contributed by atoms with Crippen molar-refractivity contribution in [2.24, 2.45) is 5.73 Å². The molecule has 3 N–H and O–H groups in total. The second kappa shape index (κ2) is 12.9. The number of fused-ring (bicyclic) bond motifs is 1. The summed E-state index contributed by atoms with van der Waals surface area (Å²) in [4.78, 5) is 0. The average Bonchev–Trinajstić information content (AvgIpc) is 3.05. The molecule has 4 rings (SSSR count). The summed E-state index contributed by atoms with van der Waals surface area (Å²) in [5.74, 6) is 0. The van der Waals surface area contributed by atoms with Gasteiger partial charge in [0.05, 0.1) is 23.3 Å². The van der Waals surface area contributed by atoms with Crippen molar-refractivity contribution in [2.75, 3.05) is 0 Å². The van der Waals surface area contributed by atoms with Gasteiger partial charge in [-0.3, -0.25) is 0 Å². The summed E-state index contributed by atoms with van der Waals surface area (Å²) in [6.07, 6.45) is 9.59. The predicted octanol–water partition coefficient (Wildman–Crippen LogP) is 9.34. The van der Waals surface area contributed by atoms with Crippen molar-refractivity contribution in [3.63, 3.8) is 0 Å². The van der Waals surface area contributed by atoms with Gasteiger partial charge in [-0.05, 0) is 62.2 Å². The molecule has 4 nitrogen and oxygen atoms in total. The molecule has 0 bridgehead atoms. The van der Waals surface area contributed by atoms with Gasteiger partial charge in [-0.15, -0.1) is 0 Å². The van der Waals surface area contributed by atoms with Crippen LogP contribution in [0.1, 0.15) is 29.2 Å². The van der Waals surface area contributed by atoms with Crippen LogP contribution in [0.2, 0.25) is 0 Å². The SMILES string of the molecule is C=C/C(C#N)=C(\C=N)c1ccc(-c2c(C=C)c(C=C)c(-c3ccc(C(=C/N)/C(C#N)=C\C)cc3)c3ccccc23)cc1. The van der Waals surface area contributed by atoms with Crippen molar-refractivity contribution in [1.82, 2.24) is 0 Å². The fourth-order valence-corrected chi connectivity index (χ4v) is 5.31. The van der Waals surface area contributed by atoms with Gasteiger partial charge in [-0.25, -0.2) is 0 Å². The molecule has 0 atom stereocenters. The Hall–Kier alpha value is -5.97. The maximum Gasteiger partial charge on any atom is 0.0998 e. The molecule has 0 aliphatic heterocycles. The first-order chi connectivity index (χ1) is 20.5. The molecule has 0 radical (unpaired) electrons. The van der Waals surface area contributed by atoms with Crippen molar-refractivity contribution < 1.29 is 0 Å². The van der Waals surface area contributed by atoms with Gasteiger partial charge < -0.3 is 11.1 Å². The third-order valence-corrected chi connectivity index (χ3v) is 7.30. The predicted molar refractivity (Wildman–Crippen MR) is 178 cm³/mol. The lowest BCUT2D eigenvalue weighted by molar-refractivity contribution is 1.45. The van der Waals surface area contributed by atoms with E-state index in [-0.39, 0.29) is 0 Å². The molecule has 0 saturated heterocycles. The number of allylic oxidation sites excluding steroid dienone is 6. The van der Waals surface area contributed by atoms with Crippen LogP contribution in [0.15, 0.2) is 122 Å². The van der Waals surface area contributed by atoms with E-state index >= 15 is 0 Å². The lowest BCUT2D eigenvalue weighted by Crippen LogP contribution is -1.97. The molecule has 4 aromatic carbocycles. The Morgan fingerprint density at radius 3 is 1.62 bits per heavy atom. The van der Waals surface area contributed by atoms with Crippen molar-refractivity contribution in [3.8, 4) is 34.4 Å².